The lowest BCUT2D eigenvalue weighted by molar-refractivity contribution is -0.384. The lowest BCUT2D eigenvalue weighted by Gasteiger charge is -2.32. The first-order valence-electron chi connectivity index (χ1n) is 9.34. The van der Waals surface area contributed by atoms with Gasteiger partial charge in [0, 0.05) is 36.5 Å². The van der Waals surface area contributed by atoms with Crippen LogP contribution in [0.4, 0.5) is 11.4 Å². The molecule has 0 bridgehead atoms. The number of carbonyl (C=O) groups is 1. The molecule has 0 saturated carbocycles. The fraction of sp³-hybridized carbons (Fsp3) is 0.381. The zero-order valence-corrected chi connectivity index (χ0v) is 15.7. The Morgan fingerprint density at radius 2 is 1.70 bits per heavy atom. The highest BCUT2D eigenvalue weighted by molar-refractivity contribution is 5.94. The number of nitrogens with one attached hydrogen (secondary N) is 1. The molecule has 0 radical (unpaired) electrons. The number of rotatable bonds is 5. The number of hydrogen-bond donors (Lipinski definition) is 1. The summed E-state index contributed by atoms with van der Waals surface area (Å²) in [6.07, 6.45) is 2.45. The van der Waals surface area contributed by atoms with E-state index in [1.807, 2.05) is 19.1 Å². The van der Waals surface area contributed by atoms with Gasteiger partial charge in [-0.05, 0) is 55.5 Å². The van der Waals surface area contributed by atoms with E-state index in [0.717, 1.165) is 24.6 Å². The monoisotopic (exact) mass is 367 g/mol. The van der Waals surface area contributed by atoms with Crippen molar-refractivity contribution in [3.8, 4) is 0 Å². The predicted molar refractivity (Wildman–Crippen MR) is 106 cm³/mol. The standard InChI is InChI=1S/C21H25N3O3/c1-15-11-13-23(14-12-15)19-7-3-17(4-8-19)16(2)22-21(25)18-5-9-20(10-6-18)24(26)27/h3-10,15-16H,11-14H2,1-2H3,(H,22,25)/t16-/m0/s1. The van der Waals surface area contributed by atoms with Crippen molar-refractivity contribution in [2.75, 3.05) is 18.0 Å². The summed E-state index contributed by atoms with van der Waals surface area (Å²) in [6.45, 7) is 6.41. The van der Waals surface area contributed by atoms with E-state index in [1.54, 1.807) is 0 Å². The molecule has 1 atom stereocenters. The summed E-state index contributed by atoms with van der Waals surface area (Å²) < 4.78 is 0. The largest absolute Gasteiger partial charge is 0.372 e. The minimum Gasteiger partial charge on any atom is -0.372 e. The second-order valence-corrected chi connectivity index (χ2v) is 7.26. The highest BCUT2D eigenvalue weighted by Crippen LogP contribution is 2.24. The molecule has 3 rings (SSSR count). The quantitative estimate of drug-likeness (QED) is 0.631. The number of benzene rings is 2. The molecule has 1 aliphatic rings. The van der Waals surface area contributed by atoms with Crippen LogP contribution in [0.15, 0.2) is 48.5 Å². The van der Waals surface area contributed by atoms with Crippen LogP contribution >= 0.6 is 0 Å². The predicted octanol–water partition coefficient (Wildman–Crippen LogP) is 4.32. The molecule has 1 saturated heterocycles. The number of nitro benzene ring substituents is 1. The third kappa shape index (κ3) is 4.64. The van der Waals surface area contributed by atoms with Crippen molar-refractivity contribution in [3.63, 3.8) is 0 Å². The molecule has 0 spiro atoms. The van der Waals surface area contributed by atoms with E-state index < -0.39 is 4.92 Å². The number of anilines is 1. The summed E-state index contributed by atoms with van der Waals surface area (Å²) in [6, 6.07) is 13.8. The first-order valence-corrected chi connectivity index (χ1v) is 9.34. The maximum Gasteiger partial charge on any atom is 0.269 e. The van der Waals surface area contributed by atoms with Crippen molar-refractivity contribution in [1.29, 1.82) is 0 Å². The molecule has 0 unspecified atom stereocenters. The Kier molecular flexibility index (Phi) is 5.74. The number of nitrogens with zero attached hydrogens (tertiary/aromatic N) is 2. The molecule has 1 heterocycles. The fourth-order valence-electron chi connectivity index (χ4n) is 3.34. The minimum atomic E-state index is -0.477. The average molecular weight is 367 g/mol. The Labute approximate surface area is 159 Å². The topological polar surface area (TPSA) is 75.5 Å². The molecule has 1 aliphatic heterocycles. The average Bonchev–Trinajstić information content (AvgIpc) is 2.68. The Bertz CT molecular complexity index is 794. The van der Waals surface area contributed by atoms with Crippen LogP contribution in [0.1, 0.15) is 48.7 Å². The van der Waals surface area contributed by atoms with Crippen LogP contribution in [0.2, 0.25) is 0 Å². The van der Waals surface area contributed by atoms with Crippen molar-refractivity contribution in [1.82, 2.24) is 5.32 Å². The Morgan fingerprint density at radius 1 is 1.11 bits per heavy atom. The normalized spacial score (nSPS) is 16.0. The number of amides is 1. The second kappa shape index (κ2) is 8.20. The summed E-state index contributed by atoms with van der Waals surface area (Å²) in [4.78, 5) is 25.0. The second-order valence-electron chi connectivity index (χ2n) is 7.26. The van der Waals surface area contributed by atoms with E-state index in [-0.39, 0.29) is 17.6 Å². The first kappa shape index (κ1) is 18.9. The molecular formula is C21H25N3O3. The molecule has 142 valence electrons. The lowest BCUT2D eigenvalue weighted by atomic mass is 9.98. The maximum atomic E-state index is 12.4. The number of non-ortho nitro benzene ring substituents is 1. The number of piperidine rings is 1. The summed E-state index contributed by atoms with van der Waals surface area (Å²) in [5.41, 5.74) is 2.63. The molecule has 2 aromatic rings. The van der Waals surface area contributed by atoms with Crippen molar-refractivity contribution < 1.29 is 9.72 Å². The highest BCUT2D eigenvalue weighted by atomic mass is 16.6. The van der Waals surface area contributed by atoms with Crippen molar-refractivity contribution in [2.45, 2.75) is 32.7 Å². The molecular weight excluding hydrogens is 342 g/mol. The molecule has 6 nitrogen and oxygen atoms in total. The van der Waals surface area contributed by atoms with Crippen LogP contribution in [0.5, 0.6) is 0 Å². The molecule has 1 fully saturated rings. The molecule has 1 N–H and O–H groups in total. The van der Waals surface area contributed by atoms with Crippen molar-refractivity contribution >= 4 is 17.3 Å². The van der Waals surface area contributed by atoms with Crippen LogP contribution in [0, 0.1) is 16.0 Å². The highest BCUT2D eigenvalue weighted by Gasteiger charge is 2.17. The maximum absolute atomic E-state index is 12.4. The summed E-state index contributed by atoms with van der Waals surface area (Å²) in [7, 11) is 0. The van der Waals surface area contributed by atoms with Gasteiger partial charge in [0.1, 0.15) is 0 Å². The number of nitro groups is 1. The van der Waals surface area contributed by atoms with Crippen LogP contribution in [0.25, 0.3) is 0 Å². The zero-order valence-electron chi connectivity index (χ0n) is 15.7. The Morgan fingerprint density at radius 3 is 2.26 bits per heavy atom. The van der Waals surface area contributed by atoms with E-state index >= 15 is 0 Å². The Balaban J connectivity index is 1.61. The minimum absolute atomic E-state index is 0.0257. The van der Waals surface area contributed by atoms with Gasteiger partial charge >= 0.3 is 0 Å². The van der Waals surface area contributed by atoms with E-state index in [0.29, 0.717) is 5.56 Å². The summed E-state index contributed by atoms with van der Waals surface area (Å²) in [5.74, 6) is 0.557. The van der Waals surface area contributed by atoms with E-state index in [4.69, 9.17) is 0 Å². The number of carbonyl (C=O) groups excluding carboxylic acids is 1. The van der Waals surface area contributed by atoms with Crippen LogP contribution in [0.3, 0.4) is 0 Å². The summed E-state index contributed by atoms with van der Waals surface area (Å²) in [5, 5.41) is 13.6. The van der Waals surface area contributed by atoms with E-state index in [1.165, 1.54) is 42.8 Å². The van der Waals surface area contributed by atoms with Crippen molar-refractivity contribution in [3.05, 3.63) is 69.8 Å². The van der Waals surface area contributed by atoms with Gasteiger partial charge in [-0.15, -0.1) is 0 Å². The van der Waals surface area contributed by atoms with Crippen LogP contribution < -0.4 is 10.2 Å². The van der Waals surface area contributed by atoms with Gasteiger partial charge < -0.3 is 10.2 Å². The fourth-order valence-corrected chi connectivity index (χ4v) is 3.34. The molecule has 27 heavy (non-hydrogen) atoms. The third-order valence-corrected chi connectivity index (χ3v) is 5.23. The molecule has 6 heteroatoms. The van der Waals surface area contributed by atoms with E-state index in [2.05, 4.69) is 29.3 Å². The lowest BCUT2D eigenvalue weighted by Crippen LogP contribution is -2.32. The smallest absolute Gasteiger partial charge is 0.269 e. The molecule has 0 aliphatic carbocycles. The molecule has 1 amide bonds. The SMILES string of the molecule is CC1CCN(c2ccc([C@H](C)NC(=O)c3ccc([N+](=O)[O-])cc3)cc2)CC1. The van der Waals surface area contributed by atoms with Gasteiger partial charge in [-0.3, -0.25) is 14.9 Å². The van der Waals surface area contributed by atoms with Gasteiger partial charge in [0.15, 0.2) is 0 Å². The van der Waals surface area contributed by atoms with Crippen LogP contribution in [-0.4, -0.2) is 23.9 Å². The first-order chi connectivity index (χ1) is 12.9. The van der Waals surface area contributed by atoms with Crippen molar-refractivity contribution in [2.24, 2.45) is 5.92 Å². The Hall–Kier alpha value is -2.89. The van der Waals surface area contributed by atoms with Gasteiger partial charge in [0.2, 0.25) is 0 Å². The zero-order chi connectivity index (χ0) is 19.4. The number of hydrogen-bond acceptors (Lipinski definition) is 4. The molecule has 0 aromatic heterocycles. The van der Waals surface area contributed by atoms with Gasteiger partial charge in [-0.25, -0.2) is 0 Å². The summed E-state index contributed by atoms with van der Waals surface area (Å²) >= 11 is 0. The van der Waals surface area contributed by atoms with Gasteiger partial charge in [0.25, 0.3) is 11.6 Å². The third-order valence-electron chi connectivity index (χ3n) is 5.23. The van der Waals surface area contributed by atoms with Gasteiger partial charge in [0.05, 0.1) is 11.0 Å². The van der Waals surface area contributed by atoms with Gasteiger partial charge in [-0.1, -0.05) is 19.1 Å². The molecule has 2 aromatic carbocycles. The van der Waals surface area contributed by atoms with E-state index in [9.17, 15) is 14.9 Å². The van der Waals surface area contributed by atoms with Crippen LogP contribution in [-0.2, 0) is 0 Å². The van der Waals surface area contributed by atoms with Gasteiger partial charge in [-0.2, -0.15) is 0 Å².